The van der Waals surface area contributed by atoms with E-state index in [-0.39, 0.29) is 5.91 Å². The monoisotopic (exact) mass is 265 g/mol. The third kappa shape index (κ3) is 3.86. The van der Waals surface area contributed by atoms with Crippen LogP contribution in [0.2, 0.25) is 0 Å². The van der Waals surface area contributed by atoms with Gasteiger partial charge >= 0.3 is 0 Å². The van der Waals surface area contributed by atoms with Crippen LogP contribution in [0.25, 0.3) is 0 Å². The standard InChI is InChI=1S/C14H19NO4/c1-10(16)14(17)15-6-5-11-3-4-12-13(9-11)19-8-2-7-18-12/h3-4,9-10,16H,2,5-8H2,1H3,(H,15,17). The number of aliphatic hydroxyl groups is 1. The molecule has 1 aromatic carbocycles. The summed E-state index contributed by atoms with van der Waals surface area (Å²) in [5.41, 5.74) is 1.06. The quantitative estimate of drug-likeness (QED) is 0.848. The topological polar surface area (TPSA) is 67.8 Å². The van der Waals surface area contributed by atoms with E-state index in [2.05, 4.69) is 5.32 Å². The average molecular weight is 265 g/mol. The molecule has 1 aliphatic heterocycles. The number of carbonyl (C=O) groups excluding carboxylic acids is 1. The van der Waals surface area contributed by atoms with Gasteiger partial charge in [0.25, 0.3) is 0 Å². The van der Waals surface area contributed by atoms with E-state index < -0.39 is 6.10 Å². The Hall–Kier alpha value is -1.75. The normalized spacial score (nSPS) is 15.5. The van der Waals surface area contributed by atoms with E-state index in [1.54, 1.807) is 0 Å². The lowest BCUT2D eigenvalue weighted by molar-refractivity contribution is -0.128. The molecule has 104 valence electrons. The number of carbonyl (C=O) groups is 1. The zero-order valence-electron chi connectivity index (χ0n) is 11.0. The summed E-state index contributed by atoms with van der Waals surface area (Å²) in [5, 5.41) is 11.7. The largest absolute Gasteiger partial charge is 0.490 e. The summed E-state index contributed by atoms with van der Waals surface area (Å²) in [4.78, 5) is 11.2. The van der Waals surface area contributed by atoms with Crippen molar-refractivity contribution in [3.8, 4) is 11.5 Å². The second kappa shape index (κ2) is 6.43. The first-order chi connectivity index (χ1) is 9.16. The molecule has 2 N–H and O–H groups in total. The van der Waals surface area contributed by atoms with Gasteiger partial charge in [-0.25, -0.2) is 0 Å². The highest BCUT2D eigenvalue weighted by Crippen LogP contribution is 2.30. The summed E-state index contributed by atoms with van der Waals surface area (Å²) in [6.07, 6.45) is 0.604. The highest BCUT2D eigenvalue weighted by Gasteiger charge is 2.11. The minimum atomic E-state index is -0.969. The number of hydrogen-bond acceptors (Lipinski definition) is 4. The summed E-state index contributed by atoms with van der Waals surface area (Å²) in [5.74, 6) is 1.18. The highest BCUT2D eigenvalue weighted by atomic mass is 16.5. The summed E-state index contributed by atoms with van der Waals surface area (Å²) < 4.78 is 11.2. The maximum Gasteiger partial charge on any atom is 0.248 e. The number of nitrogens with one attached hydrogen (secondary N) is 1. The van der Waals surface area contributed by atoms with Crippen molar-refractivity contribution in [2.45, 2.75) is 25.9 Å². The molecule has 0 radical (unpaired) electrons. The van der Waals surface area contributed by atoms with Crippen molar-refractivity contribution in [1.82, 2.24) is 5.32 Å². The van der Waals surface area contributed by atoms with Gasteiger partial charge in [-0.15, -0.1) is 0 Å². The molecule has 0 bridgehead atoms. The third-order valence-electron chi connectivity index (χ3n) is 2.90. The number of ether oxygens (including phenoxy) is 2. The van der Waals surface area contributed by atoms with Crippen LogP contribution in [0.1, 0.15) is 18.9 Å². The summed E-state index contributed by atoms with van der Waals surface area (Å²) in [6.45, 7) is 3.28. The maximum absolute atomic E-state index is 11.2. The maximum atomic E-state index is 11.2. The molecule has 2 rings (SSSR count). The van der Waals surface area contributed by atoms with Gasteiger partial charge in [0.05, 0.1) is 13.2 Å². The van der Waals surface area contributed by atoms with E-state index in [9.17, 15) is 4.79 Å². The van der Waals surface area contributed by atoms with Gasteiger partial charge in [0.1, 0.15) is 6.10 Å². The Morgan fingerprint density at radius 1 is 1.37 bits per heavy atom. The highest BCUT2D eigenvalue weighted by molar-refractivity contribution is 5.79. The Bertz CT molecular complexity index is 445. The van der Waals surface area contributed by atoms with Gasteiger partial charge in [0.2, 0.25) is 5.91 Å². The molecule has 1 aromatic rings. The fourth-order valence-electron chi connectivity index (χ4n) is 1.84. The van der Waals surface area contributed by atoms with Crippen LogP contribution in [0.4, 0.5) is 0 Å². The van der Waals surface area contributed by atoms with Gasteiger partial charge in [0, 0.05) is 13.0 Å². The van der Waals surface area contributed by atoms with Gasteiger partial charge < -0.3 is 19.9 Å². The zero-order chi connectivity index (χ0) is 13.7. The molecular formula is C14H19NO4. The Morgan fingerprint density at radius 3 is 2.84 bits per heavy atom. The molecule has 0 spiro atoms. The molecule has 0 aliphatic carbocycles. The van der Waals surface area contributed by atoms with Crippen LogP contribution in [0, 0.1) is 0 Å². The van der Waals surface area contributed by atoms with Crippen LogP contribution in [-0.4, -0.2) is 36.9 Å². The second-order valence-corrected chi connectivity index (χ2v) is 4.55. The first-order valence-electron chi connectivity index (χ1n) is 6.51. The summed E-state index contributed by atoms with van der Waals surface area (Å²) >= 11 is 0. The van der Waals surface area contributed by atoms with Crippen LogP contribution in [0.5, 0.6) is 11.5 Å². The number of fused-ring (bicyclic) bond motifs is 1. The molecule has 1 amide bonds. The van der Waals surface area contributed by atoms with Crippen molar-refractivity contribution in [3.05, 3.63) is 23.8 Å². The molecule has 0 aromatic heterocycles. The summed E-state index contributed by atoms with van der Waals surface area (Å²) in [6, 6.07) is 5.80. The van der Waals surface area contributed by atoms with Crippen molar-refractivity contribution in [3.63, 3.8) is 0 Å². The van der Waals surface area contributed by atoms with Crippen molar-refractivity contribution in [2.75, 3.05) is 19.8 Å². The molecule has 5 heteroatoms. The van der Waals surface area contributed by atoms with Crippen LogP contribution >= 0.6 is 0 Å². The van der Waals surface area contributed by atoms with E-state index in [1.807, 2.05) is 18.2 Å². The lowest BCUT2D eigenvalue weighted by atomic mass is 10.1. The van der Waals surface area contributed by atoms with E-state index in [0.717, 1.165) is 23.5 Å². The van der Waals surface area contributed by atoms with E-state index >= 15 is 0 Å². The number of rotatable bonds is 4. The molecule has 0 fully saturated rings. The van der Waals surface area contributed by atoms with Crippen molar-refractivity contribution >= 4 is 5.91 Å². The predicted molar refractivity (Wildman–Crippen MR) is 70.4 cm³/mol. The fourth-order valence-corrected chi connectivity index (χ4v) is 1.84. The lowest BCUT2D eigenvalue weighted by Crippen LogP contribution is -2.33. The van der Waals surface area contributed by atoms with Gasteiger partial charge in [-0.3, -0.25) is 4.79 Å². The summed E-state index contributed by atoms with van der Waals surface area (Å²) in [7, 11) is 0. The number of hydrogen-bond donors (Lipinski definition) is 2. The lowest BCUT2D eigenvalue weighted by Gasteiger charge is -2.10. The molecule has 0 saturated carbocycles. The van der Waals surface area contributed by atoms with E-state index in [1.165, 1.54) is 6.92 Å². The Morgan fingerprint density at radius 2 is 2.11 bits per heavy atom. The van der Waals surface area contributed by atoms with Crippen molar-refractivity contribution < 1.29 is 19.4 Å². The third-order valence-corrected chi connectivity index (χ3v) is 2.90. The van der Waals surface area contributed by atoms with Gasteiger partial charge in [-0.2, -0.15) is 0 Å². The Labute approximate surface area is 112 Å². The van der Waals surface area contributed by atoms with Crippen LogP contribution in [-0.2, 0) is 11.2 Å². The molecule has 1 aliphatic rings. The van der Waals surface area contributed by atoms with Crippen LogP contribution in [0.15, 0.2) is 18.2 Å². The molecule has 1 unspecified atom stereocenters. The number of amides is 1. The molecule has 0 saturated heterocycles. The molecule has 1 heterocycles. The smallest absolute Gasteiger partial charge is 0.248 e. The van der Waals surface area contributed by atoms with Crippen LogP contribution < -0.4 is 14.8 Å². The Balaban J connectivity index is 1.91. The predicted octanol–water partition coefficient (Wildman–Crippen LogP) is 0.887. The minimum absolute atomic E-state index is 0.352. The first-order valence-corrected chi connectivity index (χ1v) is 6.51. The SMILES string of the molecule is CC(O)C(=O)NCCc1ccc2c(c1)OCCCO2. The van der Waals surface area contributed by atoms with Gasteiger partial charge in [-0.05, 0) is 31.0 Å². The fraction of sp³-hybridized carbons (Fsp3) is 0.500. The van der Waals surface area contributed by atoms with Crippen molar-refractivity contribution in [1.29, 1.82) is 0 Å². The van der Waals surface area contributed by atoms with Gasteiger partial charge in [0.15, 0.2) is 11.5 Å². The number of benzene rings is 1. The van der Waals surface area contributed by atoms with E-state index in [4.69, 9.17) is 14.6 Å². The van der Waals surface area contributed by atoms with Gasteiger partial charge in [-0.1, -0.05) is 6.07 Å². The van der Waals surface area contributed by atoms with Crippen LogP contribution in [0.3, 0.4) is 0 Å². The zero-order valence-corrected chi connectivity index (χ0v) is 11.0. The van der Waals surface area contributed by atoms with Crippen molar-refractivity contribution in [2.24, 2.45) is 0 Å². The molecular weight excluding hydrogens is 246 g/mol. The number of aliphatic hydroxyl groups excluding tert-OH is 1. The molecule has 1 atom stereocenters. The second-order valence-electron chi connectivity index (χ2n) is 4.55. The molecule has 19 heavy (non-hydrogen) atoms. The Kier molecular flexibility index (Phi) is 4.63. The van der Waals surface area contributed by atoms with E-state index in [0.29, 0.717) is 26.2 Å². The molecule has 5 nitrogen and oxygen atoms in total. The average Bonchev–Trinajstić information content (AvgIpc) is 2.63. The first kappa shape index (κ1) is 13.7. The minimum Gasteiger partial charge on any atom is -0.490 e.